The van der Waals surface area contributed by atoms with Crippen LogP contribution in [0.1, 0.15) is 27.7 Å². The molecule has 0 saturated heterocycles. The Morgan fingerprint density at radius 3 is 2.19 bits per heavy atom. The van der Waals surface area contributed by atoms with Crippen LogP contribution in [0.3, 0.4) is 0 Å². The quantitative estimate of drug-likeness (QED) is 0.753. The lowest BCUT2D eigenvalue weighted by atomic mass is 10.1. The Labute approximate surface area is 97.8 Å². The minimum absolute atomic E-state index is 0.167. The largest absolute Gasteiger partial charge is 0.444 e. The number of carbonyl (C=O) groups is 1. The van der Waals surface area contributed by atoms with E-state index in [1.807, 2.05) is 19.0 Å². The Kier molecular flexibility index (Phi) is 5.22. The molecular weight excluding hydrogens is 208 g/mol. The van der Waals surface area contributed by atoms with Crippen LogP contribution in [0.15, 0.2) is 0 Å². The first-order chi connectivity index (χ1) is 7.02. The summed E-state index contributed by atoms with van der Waals surface area (Å²) in [6.45, 7) is 7.70. The Hall–Kier alpha value is -0.810. The average molecular weight is 232 g/mol. The van der Waals surface area contributed by atoms with E-state index in [1.165, 1.54) is 0 Å². The normalized spacial score (nSPS) is 15.8. The van der Waals surface area contributed by atoms with Gasteiger partial charge < -0.3 is 20.1 Å². The van der Waals surface area contributed by atoms with Crippen LogP contribution in [0.2, 0.25) is 0 Å². The highest BCUT2D eigenvalue weighted by atomic mass is 16.6. The van der Waals surface area contributed by atoms with Crippen molar-refractivity contribution in [3.63, 3.8) is 0 Å². The first-order valence-corrected chi connectivity index (χ1v) is 5.36. The molecular formula is C11H24N2O3. The van der Waals surface area contributed by atoms with Crippen LogP contribution < -0.4 is 5.32 Å². The van der Waals surface area contributed by atoms with E-state index in [4.69, 9.17) is 4.74 Å². The number of hydrogen-bond donors (Lipinski definition) is 2. The molecule has 0 aliphatic carbocycles. The summed E-state index contributed by atoms with van der Waals surface area (Å²) in [4.78, 5) is 13.2. The number of hydrogen-bond acceptors (Lipinski definition) is 4. The van der Waals surface area contributed by atoms with E-state index >= 15 is 0 Å². The molecule has 0 aromatic heterocycles. The molecule has 1 unspecified atom stereocenters. The van der Waals surface area contributed by atoms with Gasteiger partial charge in [0.15, 0.2) is 0 Å². The number of carbonyl (C=O) groups excluding carboxylic acids is 1. The topological polar surface area (TPSA) is 61.8 Å². The molecule has 0 fully saturated rings. The van der Waals surface area contributed by atoms with E-state index in [0.717, 1.165) is 0 Å². The van der Waals surface area contributed by atoms with Gasteiger partial charge in [0.05, 0.1) is 12.1 Å². The van der Waals surface area contributed by atoms with Crippen molar-refractivity contribution in [1.82, 2.24) is 10.2 Å². The summed E-state index contributed by atoms with van der Waals surface area (Å²) >= 11 is 0. The molecule has 0 aliphatic rings. The molecule has 96 valence electrons. The lowest BCUT2D eigenvalue weighted by Gasteiger charge is -2.28. The molecule has 5 heteroatoms. The Morgan fingerprint density at radius 1 is 1.31 bits per heavy atom. The standard InChI is InChI=1S/C11H24N2O3/c1-10(2,3)16-9(14)12-7-11(4,15)8-13(5)6/h15H,7-8H2,1-6H3,(H,12,14). The third-order valence-corrected chi connectivity index (χ3v) is 1.67. The second-order valence-electron chi connectivity index (χ2n) is 5.59. The molecule has 0 aromatic rings. The predicted octanol–water partition coefficient (Wildman–Crippen LogP) is 0.824. The van der Waals surface area contributed by atoms with Crippen molar-refractivity contribution in [1.29, 1.82) is 0 Å². The van der Waals surface area contributed by atoms with E-state index in [-0.39, 0.29) is 6.54 Å². The van der Waals surface area contributed by atoms with Gasteiger partial charge in [0.2, 0.25) is 0 Å². The predicted molar refractivity (Wildman–Crippen MR) is 63.4 cm³/mol. The number of nitrogens with one attached hydrogen (secondary N) is 1. The number of nitrogens with zero attached hydrogens (tertiary/aromatic N) is 1. The molecule has 0 aliphatic heterocycles. The minimum Gasteiger partial charge on any atom is -0.444 e. The lowest BCUT2D eigenvalue weighted by molar-refractivity contribution is 0.0205. The zero-order chi connectivity index (χ0) is 13.0. The van der Waals surface area contributed by atoms with Gasteiger partial charge in [-0.05, 0) is 41.8 Å². The SMILES string of the molecule is CN(C)CC(C)(O)CNC(=O)OC(C)(C)C. The van der Waals surface area contributed by atoms with Crippen LogP contribution in [-0.2, 0) is 4.74 Å². The molecule has 2 N–H and O–H groups in total. The number of amides is 1. The Morgan fingerprint density at radius 2 is 1.81 bits per heavy atom. The zero-order valence-corrected chi connectivity index (χ0v) is 11.1. The van der Waals surface area contributed by atoms with Gasteiger partial charge in [-0.3, -0.25) is 0 Å². The van der Waals surface area contributed by atoms with Gasteiger partial charge in [0, 0.05) is 6.54 Å². The summed E-state index contributed by atoms with van der Waals surface area (Å²) in [6.07, 6.45) is -0.508. The minimum atomic E-state index is -0.958. The monoisotopic (exact) mass is 232 g/mol. The summed E-state index contributed by atoms with van der Waals surface area (Å²) in [5.74, 6) is 0. The zero-order valence-electron chi connectivity index (χ0n) is 11.1. The number of rotatable bonds is 4. The van der Waals surface area contributed by atoms with Crippen molar-refractivity contribution < 1.29 is 14.6 Å². The second kappa shape index (κ2) is 5.50. The molecule has 0 bridgehead atoms. The van der Waals surface area contributed by atoms with Crippen LogP contribution in [-0.4, -0.2) is 54.5 Å². The van der Waals surface area contributed by atoms with E-state index in [0.29, 0.717) is 6.54 Å². The third-order valence-electron chi connectivity index (χ3n) is 1.67. The van der Waals surface area contributed by atoms with E-state index in [1.54, 1.807) is 27.7 Å². The van der Waals surface area contributed by atoms with Crippen LogP contribution >= 0.6 is 0 Å². The maximum Gasteiger partial charge on any atom is 0.407 e. The second-order valence-corrected chi connectivity index (χ2v) is 5.59. The van der Waals surface area contributed by atoms with Crippen LogP contribution in [0.5, 0.6) is 0 Å². The summed E-state index contributed by atoms with van der Waals surface area (Å²) in [5.41, 5.74) is -1.47. The molecule has 5 nitrogen and oxygen atoms in total. The maximum atomic E-state index is 11.3. The van der Waals surface area contributed by atoms with Crippen molar-refractivity contribution in [2.45, 2.75) is 38.9 Å². The summed E-state index contributed by atoms with van der Waals surface area (Å²) in [7, 11) is 3.73. The number of ether oxygens (including phenoxy) is 1. The van der Waals surface area contributed by atoms with Gasteiger partial charge >= 0.3 is 6.09 Å². The van der Waals surface area contributed by atoms with Crippen molar-refractivity contribution in [3.8, 4) is 0 Å². The van der Waals surface area contributed by atoms with Gasteiger partial charge in [-0.2, -0.15) is 0 Å². The Balaban J connectivity index is 4.00. The van der Waals surface area contributed by atoms with Gasteiger partial charge in [0.1, 0.15) is 5.60 Å². The van der Waals surface area contributed by atoms with E-state index < -0.39 is 17.3 Å². The fourth-order valence-corrected chi connectivity index (χ4v) is 1.31. The molecule has 0 saturated carbocycles. The van der Waals surface area contributed by atoms with Crippen LogP contribution in [0.25, 0.3) is 0 Å². The number of likely N-dealkylation sites (N-methyl/N-ethyl adjacent to an activating group) is 1. The Bertz CT molecular complexity index is 232. The van der Waals surface area contributed by atoms with Gasteiger partial charge in [-0.1, -0.05) is 0 Å². The molecule has 0 aromatic carbocycles. The van der Waals surface area contributed by atoms with Crippen molar-refractivity contribution in [2.75, 3.05) is 27.2 Å². The van der Waals surface area contributed by atoms with Crippen LogP contribution in [0, 0.1) is 0 Å². The van der Waals surface area contributed by atoms with Crippen molar-refractivity contribution in [2.24, 2.45) is 0 Å². The molecule has 1 amide bonds. The molecule has 1 atom stereocenters. The van der Waals surface area contributed by atoms with Crippen LogP contribution in [0.4, 0.5) is 4.79 Å². The summed E-state index contributed by atoms with van der Waals surface area (Å²) < 4.78 is 5.06. The lowest BCUT2D eigenvalue weighted by Crippen LogP contribution is -2.48. The number of alkyl carbamates (subject to hydrolysis) is 1. The molecule has 0 spiro atoms. The maximum absolute atomic E-state index is 11.3. The average Bonchev–Trinajstić information content (AvgIpc) is 1.95. The third kappa shape index (κ3) is 8.49. The highest BCUT2D eigenvalue weighted by Gasteiger charge is 2.23. The fourth-order valence-electron chi connectivity index (χ4n) is 1.31. The highest BCUT2D eigenvalue weighted by Crippen LogP contribution is 2.07. The summed E-state index contributed by atoms with van der Waals surface area (Å²) in [5, 5.41) is 12.5. The van der Waals surface area contributed by atoms with Crippen molar-refractivity contribution in [3.05, 3.63) is 0 Å². The fraction of sp³-hybridized carbons (Fsp3) is 0.909. The molecule has 0 rings (SSSR count). The molecule has 0 radical (unpaired) electrons. The molecule has 0 heterocycles. The van der Waals surface area contributed by atoms with Crippen molar-refractivity contribution >= 4 is 6.09 Å². The number of aliphatic hydroxyl groups is 1. The molecule has 16 heavy (non-hydrogen) atoms. The van der Waals surface area contributed by atoms with Gasteiger partial charge in [-0.25, -0.2) is 4.79 Å². The van der Waals surface area contributed by atoms with Gasteiger partial charge in [-0.15, -0.1) is 0 Å². The first kappa shape index (κ1) is 15.2. The van der Waals surface area contributed by atoms with E-state index in [9.17, 15) is 9.90 Å². The smallest absolute Gasteiger partial charge is 0.407 e. The van der Waals surface area contributed by atoms with E-state index in [2.05, 4.69) is 5.32 Å². The summed E-state index contributed by atoms with van der Waals surface area (Å²) in [6, 6.07) is 0. The first-order valence-electron chi connectivity index (χ1n) is 5.36. The highest BCUT2D eigenvalue weighted by molar-refractivity contribution is 5.67. The van der Waals surface area contributed by atoms with Gasteiger partial charge in [0.25, 0.3) is 0 Å².